The third-order valence-electron chi connectivity index (χ3n) is 4.20. The minimum atomic E-state index is -4.12. The molecular formula is C15H23F3N4O. The Morgan fingerprint density at radius 3 is 2.74 bits per heavy atom. The lowest BCUT2D eigenvalue weighted by molar-refractivity contribution is -0.135. The van der Waals surface area contributed by atoms with Crippen molar-refractivity contribution < 1.29 is 18.0 Å². The summed E-state index contributed by atoms with van der Waals surface area (Å²) in [6, 6.07) is -0.219. The first-order valence-electron chi connectivity index (χ1n) is 7.92. The van der Waals surface area contributed by atoms with Gasteiger partial charge in [0.2, 0.25) is 0 Å². The van der Waals surface area contributed by atoms with Crippen LogP contribution in [0, 0.1) is 13.8 Å². The fourth-order valence-corrected chi connectivity index (χ4v) is 3.11. The van der Waals surface area contributed by atoms with Crippen LogP contribution in [0.15, 0.2) is 0 Å². The number of halogens is 3. The Bertz CT molecular complexity index is 522. The fraction of sp³-hybridized carbons (Fsp3) is 0.733. The fourth-order valence-electron chi connectivity index (χ4n) is 3.11. The van der Waals surface area contributed by atoms with Gasteiger partial charge in [0.15, 0.2) is 0 Å². The second-order valence-electron chi connectivity index (χ2n) is 6.00. The first-order chi connectivity index (χ1) is 10.8. The van der Waals surface area contributed by atoms with E-state index in [4.69, 9.17) is 0 Å². The molecule has 0 radical (unpaired) electrons. The highest BCUT2D eigenvalue weighted by atomic mass is 19.4. The topological polar surface area (TPSA) is 61.0 Å². The molecule has 0 aromatic carbocycles. The average Bonchev–Trinajstić information content (AvgIpc) is 3.04. The van der Waals surface area contributed by atoms with Gasteiger partial charge in [-0.05, 0) is 39.5 Å². The third kappa shape index (κ3) is 4.62. The van der Waals surface area contributed by atoms with Gasteiger partial charge in [0.1, 0.15) is 0 Å². The first-order valence-corrected chi connectivity index (χ1v) is 7.92. The molecule has 0 aliphatic carbocycles. The Kier molecular flexibility index (Phi) is 5.54. The number of urea groups is 1. The van der Waals surface area contributed by atoms with E-state index in [1.165, 1.54) is 0 Å². The van der Waals surface area contributed by atoms with E-state index in [0.717, 1.165) is 29.8 Å². The molecule has 5 nitrogen and oxygen atoms in total. The normalized spacial score (nSPS) is 18.5. The van der Waals surface area contributed by atoms with Gasteiger partial charge in [-0.15, -0.1) is 0 Å². The number of aryl methyl sites for hydroxylation is 2. The third-order valence-corrected chi connectivity index (χ3v) is 4.20. The van der Waals surface area contributed by atoms with Crippen molar-refractivity contribution in [1.29, 1.82) is 0 Å². The molecule has 0 bridgehead atoms. The number of likely N-dealkylation sites (tertiary alicyclic amines) is 1. The lowest BCUT2D eigenvalue weighted by Crippen LogP contribution is -2.40. The predicted octanol–water partition coefficient (Wildman–Crippen LogP) is 3.61. The molecule has 23 heavy (non-hydrogen) atoms. The maximum Gasteiger partial charge on any atom is 0.389 e. The van der Waals surface area contributed by atoms with Gasteiger partial charge >= 0.3 is 12.2 Å². The van der Waals surface area contributed by atoms with Crippen LogP contribution in [0.1, 0.15) is 55.1 Å². The number of H-pyrrole nitrogens is 1. The number of unbranched alkanes of at least 4 members (excludes halogenated alkanes) is 1. The van der Waals surface area contributed by atoms with E-state index in [9.17, 15) is 18.0 Å². The standard InChI is InChI=1S/C15H23F3N4O/c1-10-13(11(2)21-20-10)12-6-5-9-22(12)14(23)19-8-4-3-7-15(16,17)18/h12H,3-9H2,1-2H3,(H,19,23)(H,20,21). The van der Waals surface area contributed by atoms with Gasteiger partial charge in [-0.1, -0.05) is 0 Å². The monoisotopic (exact) mass is 332 g/mol. The quantitative estimate of drug-likeness (QED) is 0.809. The smallest absolute Gasteiger partial charge is 0.338 e. The van der Waals surface area contributed by atoms with Crippen LogP contribution in [-0.2, 0) is 0 Å². The molecule has 1 fully saturated rings. The molecular weight excluding hydrogens is 309 g/mol. The van der Waals surface area contributed by atoms with E-state index >= 15 is 0 Å². The summed E-state index contributed by atoms with van der Waals surface area (Å²) in [6.45, 7) is 4.76. The number of alkyl halides is 3. The summed E-state index contributed by atoms with van der Waals surface area (Å²) in [5.74, 6) is 0. The van der Waals surface area contributed by atoms with Crippen LogP contribution in [0.4, 0.5) is 18.0 Å². The highest BCUT2D eigenvalue weighted by Crippen LogP contribution is 2.34. The molecule has 1 saturated heterocycles. The lowest BCUT2D eigenvalue weighted by atomic mass is 10.0. The number of carbonyl (C=O) groups excluding carboxylic acids is 1. The van der Waals surface area contributed by atoms with E-state index in [-0.39, 0.29) is 25.0 Å². The van der Waals surface area contributed by atoms with E-state index in [1.54, 1.807) is 4.90 Å². The van der Waals surface area contributed by atoms with Crippen LogP contribution in [0.25, 0.3) is 0 Å². The van der Waals surface area contributed by atoms with Crippen molar-refractivity contribution in [1.82, 2.24) is 20.4 Å². The minimum absolute atomic E-state index is 0.0103. The lowest BCUT2D eigenvalue weighted by Gasteiger charge is -2.25. The Morgan fingerprint density at radius 1 is 1.39 bits per heavy atom. The second-order valence-corrected chi connectivity index (χ2v) is 6.00. The van der Waals surface area contributed by atoms with Gasteiger partial charge in [0.05, 0.1) is 11.7 Å². The number of nitrogens with zero attached hydrogens (tertiary/aromatic N) is 2. The van der Waals surface area contributed by atoms with E-state index in [2.05, 4.69) is 15.5 Å². The van der Waals surface area contributed by atoms with Crippen molar-refractivity contribution in [3.05, 3.63) is 17.0 Å². The van der Waals surface area contributed by atoms with Gasteiger partial charge in [0.25, 0.3) is 0 Å². The first kappa shape index (κ1) is 17.6. The molecule has 130 valence electrons. The largest absolute Gasteiger partial charge is 0.389 e. The summed E-state index contributed by atoms with van der Waals surface area (Å²) in [6.07, 6.45) is -2.78. The van der Waals surface area contributed by atoms with Crippen molar-refractivity contribution in [2.75, 3.05) is 13.1 Å². The Morgan fingerprint density at radius 2 is 2.13 bits per heavy atom. The van der Waals surface area contributed by atoms with Crippen LogP contribution < -0.4 is 5.32 Å². The zero-order chi connectivity index (χ0) is 17.0. The maximum absolute atomic E-state index is 12.3. The summed E-state index contributed by atoms with van der Waals surface area (Å²) in [7, 11) is 0. The maximum atomic E-state index is 12.3. The highest BCUT2D eigenvalue weighted by Gasteiger charge is 2.33. The summed E-state index contributed by atoms with van der Waals surface area (Å²) >= 11 is 0. The zero-order valence-corrected chi connectivity index (χ0v) is 13.5. The van der Waals surface area contributed by atoms with Crippen molar-refractivity contribution in [3.8, 4) is 0 Å². The predicted molar refractivity (Wildman–Crippen MR) is 80.0 cm³/mol. The van der Waals surface area contributed by atoms with Crippen LogP contribution in [0.3, 0.4) is 0 Å². The van der Waals surface area contributed by atoms with E-state index in [0.29, 0.717) is 13.0 Å². The van der Waals surface area contributed by atoms with Crippen molar-refractivity contribution in [2.45, 2.75) is 58.2 Å². The van der Waals surface area contributed by atoms with Gasteiger partial charge in [-0.25, -0.2) is 4.79 Å². The molecule has 0 saturated carbocycles. The average molecular weight is 332 g/mol. The SMILES string of the molecule is Cc1n[nH]c(C)c1C1CCCN1C(=O)NCCCCC(F)(F)F. The second kappa shape index (κ2) is 7.23. The summed E-state index contributed by atoms with van der Waals surface area (Å²) in [5.41, 5.74) is 2.89. The Hall–Kier alpha value is -1.73. The summed E-state index contributed by atoms with van der Waals surface area (Å²) in [4.78, 5) is 14.1. The van der Waals surface area contributed by atoms with Crippen LogP contribution in [0.2, 0.25) is 0 Å². The molecule has 1 aliphatic rings. The van der Waals surface area contributed by atoms with Crippen LogP contribution in [-0.4, -0.2) is 40.4 Å². The van der Waals surface area contributed by atoms with Gasteiger partial charge in [-0.2, -0.15) is 18.3 Å². The molecule has 2 amide bonds. The van der Waals surface area contributed by atoms with Crippen molar-refractivity contribution in [3.63, 3.8) is 0 Å². The number of amides is 2. The number of hydrogen-bond donors (Lipinski definition) is 2. The molecule has 2 rings (SSSR count). The van der Waals surface area contributed by atoms with Crippen molar-refractivity contribution >= 4 is 6.03 Å². The minimum Gasteiger partial charge on any atom is -0.338 e. The Labute approximate surface area is 133 Å². The Balaban J connectivity index is 1.84. The van der Waals surface area contributed by atoms with Gasteiger partial charge in [0, 0.05) is 30.8 Å². The molecule has 2 heterocycles. The summed E-state index contributed by atoms with van der Waals surface area (Å²) < 4.78 is 36.2. The molecule has 1 aliphatic heterocycles. The number of aromatic amines is 1. The number of rotatable bonds is 5. The molecule has 1 unspecified atom stereocenters. The van der Waals surface area contributed by atoms with E-state index in [1.807, 2.05) is 13.8 Å². The molecule has 1 atom stereocenters. The van der Waals surface area contributed by atoms with Gasteiger partial charge < -0.3 is 10.2 Å². The number of carbonyl (C=O) groups is 1. The van der Waals surface area contributed by atoms with Gasteiger partial charge in [-0.3, -0.25) is 5.10 Å². The number of aromatic nitrogens is 2. The van der Waals surface area contributed by atoms with Crippen LogP contribution >= 0.6 is 0 Å². The summed E-state index contributed by atoms with van der Waals surface area (Å²) in [5, 5.41) is 9.84. The number of nitrogens with one attached hydrogen (secondary N) is 2. The molecule has 1 aromatic rings. The molecule has 2 N–H and O–H groups in total. The molecule has 8 heteroatoms. The highest BCUT2D eigenvalue weighted by molar-refractivity contribution is 5.75. The number of hydrogen-bond acceptors (Lipinski definition) is 2. The molecule has 0 spiro atoms. The van der Waals surface area contributed by atoms with Crippen molar-refractivity contribution in [2.24, 2.45) is 0 Å². The van der Waals surface area contributed by atoms with Crippen LogP contribution in [0.5, 0.6) is 0 Å². The van der Waals surface area contributed by atoms with E-state index < -0.39 is 12.6 Å². The zero-order valence-electron chi connectivity index (χ0n) is 13.5. The molecule has 1 aromatic heterocycles.